The van der Waals surface area contributed by atoms with Crippen molar-refractivity contribution in [1.82, 2.24) is 4.90 Å². The molecular weight excluding hydrogens is 583 g/mol. The first kappa shape index (κ1) is 31.6. The first-order valence-electron chi connectivity index (χ1n) is 13.4. The number of nitrogens with zero attached hydrogens (tertiary/aromatic N) is 2. The number of carbonyl (C=O) groups is 1. The third-order valence-electron chi connectivity index (χ3n) is 7.62. The molecule has 14 heteroatoms. The van der Waals surface area contributed by atoms with E-state index in [-0.39, 0.29) is 24.2 Å². The van der Waals surface area contributed by atoms with Crippen LogP contribution in [0.25, 0.3) is 0 Å². The average molecular weight is 613 g/mol. The molecule has 0 radical (unpaired) electrons. The predicted molar refractivity (Wildman–Crippen MR) is 134 cm³/mol. The van der Waals surface area contributed by atoms with Crippen LogP contribution in [0.15, 0.2) is 36.4 Å². The fraction of sp³-hybridized carbons (Fsp3) is 0.536. The molecular formula is C28H29F9N2O3. The molecule has 2 unspecified atom stereocenters. The highest BCUT2D eigenvalue weighted by molar-refractivity contribution is 5.72. The maximum atomic E-state index is 13.4. The number of benzene rings is 2. The van der Waals surface area contributed by atoms with E-state index in [0.717, 1.165) is 49.1 Å². The zero-order valence-electron chi connectivity index (χ0n) is 22.7. The van der Waals surface area contributed by atoms with E-state index in [1.807, 2.05) is 11.8 Å². The van der Waals surface area contributed by atoms with Crippen molar-refractivity contribution in [2.75, 3.05) is 11.4 Å². The summed E-state index contributed by atoms with van der Waals surface area (Å²) < 4.78 is 129. The second-order valence-corrected chi connectivity index (χ2v) is 10.4. The number of carbonyl (C=O) groups excluding carboxylic acids is 1. The van der Waals surface area contributed by atoms with Crippen LogP contribution in [0.5, 0.6) is 5.75 Å². The molecule has 1 saturated heterocycles. The summed E-state index contributed by atoms with van der Waals surface area (Å²) in [5.41, 5.74) is -2.82. The highest BCUT2D eigenvalue weighted by Crippen LogP contribution is 2.42. The molecule has 2 aromatic carbocycles. The molecule has 2 fully saturated rings. The molecule has 0 bridgehead atoms. The van der Waals surface area contributed by atoms with Crippen molar-refractivity contribution in [1.29, 1.82) is 0 Å². The summed E-state index contributed by atoms with van der Waals surface area (Å²) in [7, 11) is 0. The number of anilines is 1. The van der Waals surface area contributed by atoms with Crippen molar-refractivity contribution in [3.63, 3.8) is 0 Å². The summed E-state index contributed by atoms with van der Waals surface area (Å²) in [6.45, 7) is 3.45. The summed E-state index contributed by atoms with van der Waals surface area (Å²) >= 11 is 0. The quantitative estimate of drug-likeness (QED) is 0.293. The van der Waals surface area contributed by atoms with E-state index in [1.54, 1.807) is 0 Å². The lowest BCUT2D eigenvalue weighted by atomic mass is 9.93. The lowest BCUT2D eigenvalue weighted by Crippen LogP contribution is -2.38. The summed E-state index contributed by atoms with van der Waals surface area (Å²) in [6.07, 6.45) is -13.0. The molecule has 1 saturated carbocycles. The average Bonchev–Trinajstić information content (AvgIpc) is 3.17. The predicted octanol–water partition coefficient (Wildman–Crippen LogP) is 8.86. The maximum absolute atomic E-state index is 13.4. The second kappa shape index (κ2) is 11.8. The number of halogens is 9. The van der Waals surface area contributed by atoms with Gasteiger partial charge in [0.1, 0.15) is 11.9 Å². The Hall–Kier alpha value is -3.32. The van der Waals surface area contributed by atoms with Crippen LogP contribution in [0.1, 0.15) is 74.3 Å². The molecule has 2 aromatic rings. The monoisotopic (exact) mass is 612 g/mol. The molecule has 2 aliphatic rings. The molecule has 4 rings (SSSR count). The van der Waals surface area contributed by atoms with Gasteiger partial charge < -0.3 is 14.4 Å². The number of alkyl halides is 9. The SMILES string of the molecule is CCN(c1ccc(OC(F)(F)F)cc1CN1C(=O)OC(c2cc(C(F)(F)F)cc(C(F)(F)F)c2)C1C)C1CCCCC1. The Bertz CT molecular complexity index is 1240. The van der Waals surface area contributed by atoms with E-state index in [9.17, 15) is 44.3 Å². The molecule has 1 amide bonds. The minimum atomic E-state index is -5.10. The number of hydrogen-bond acceptors (Lipinski definition) is 4. The first-order chi connectivity index (χ1) is 19.5. The number of cyclic esters (lactones) is 1. The standard InChI is InChI=1S/C28H29F9N2O3/c1-3-38(21-7-5-4-6-8-21)23-10-9-22(42-28(35,36)37)13-18(23)15-39-16(2)24(41-25(39)40)17-11-19(26(29,30)31)14-20(12-17)27(32,33)34/h9-14,16,21,24H,3-8,15H2,1-2H3. The highest BCUT2D eigenvalue weighted by atomic mass is 19.4. The van der Waals surface area contributed by atoms with Crippen LogP contribution in [-0.4, -0.2) is 36.0 Å². The topological polar surface area (TPSA) is 42.0 Å². The van der Waals surface area contributed by atoms with E-state index in [1.165, 1.54) is 13.0 Å². The molecule has 0 aromatic heterocycles. The Kier molecular flexibility index (Phi) is 8.85. The van der Waals surface area contributed by atoms with Crippen molar-refractivity contribution in [2.24, 2.45) is 0 Å². The molecule has 1 aliphatic carbocycles. The summed E-state index contributed by atoms with van der Waals surface area (Å²) in [6, 6.07) is 3.76. The fourth-order valence-electron chi connectivity index (χ4n) is 5.67. The molecule has 1 heterocycles. The molecule has 0 spiro atoms. The lowest BCUT2D eigenvalue weighted by Gasteiger charge is -2.37. The highest BCUT2D eigenvalue weighted by Gasteiger charge is 2.44. The summed E-state index contributed by atoms with van der Waals surface area (Å²) in [5.74, 6) is -0.537. The van der Waals surface area contributed by atoms with E-state index >= 15 is 0 Å². The zero-order valence-corrected chi connectivity index (χ0v) is 22.7. The number of ether oxygens (including phenoxy) is 2. The smallest absolute Gasteiger partial charge is 0.439 e. The van der Waals surface area contributed by atoms with Crippen LogP contribution in [0.2, 0.25) is 0 Å². The minimum absolute atomic E-state index is 0.0221. The van der Waals surface area contributed by atoms with Crippen molar-refractivity contribution in [3.05, 3.63) is 58.7 Å². The maximum Gasteiger partial charge on any atom is 0.573 e. The largest absolute Gasteiger partial charge is 0.573 e. The van der Waals surface area contributed by atoms with Crippen LogP contribution in [0, 0.1) is 0 Å². The van der Waals surface area contributed by atoms with Crippen LogP contribution in [0.4, 0.5) is 50.0 Å². The molecule has 42 heavy (non-hydrogen) atoms. The Morgan fingerprint density at radius 2 is 1.50 bits per heavy atom. The van der Waals surface area contributed by atoms with Gasteiger partial charge >= 0.3 is 24.8 Å². The van der Waals surface area contributed by atoms with E-state index in [2.05, 4.69) is 4.74 Å². The Labute approximate surface area is 236 Å². The van der Waals surface area contributed by atoms with E-state index in [0.29, 0.717) is 24.4 Å². The van der Waals surface area contributed by atoms with Crippen molar-refractivity contribution < 1.29 is 53.8 Å². The van der Waals surface area contributed by atoms with Crippen LogP contribution >= 0.6 is 0 Å². The van der Waals surface area contributed by atoms with E-state index < -0.39 is 59.4 Å². The van der Waals surface area contributed by atoms with Gasteiger partial charge in [0.15, 0.2) is 0 Å². The Balaban J connectivity index is 1.70. The summed E-state index contributed by atoms with van der Waals surface area (Å²) in [4.78, 5) is 16.0. The van der Waals surface area contributed by atoms with E-state index in [4.69, 9.17) is 4.74 Å². The van der Waals surface area contributed by atoms with Crippen molar-refractivity contribution in [3.8, 4) is 5.75 Å². The Morgan fingerprint density at radius 3 is 2.02 bits per heavy atom. The van der Waals surface area contributed by atoms with Gasteiger partial charge in [-0.1, -0.05) is 19.3 Å². The van der Waals surface area contributed by atoms with Crippen LogP contribution in [0.3, 0.4) is 0 Å². The lowest BCUT2D eigenvalue weighted by molar-refractivity contribution is -0.274. The van der Waals surface area contributed by atoms with Gasteiger partial charge in [-0.3, -0.25) is 4.90 Å². The van der Waals surface area contributed by atoms with Gasteiger partial charge in [0.25, 0.3) is 0 Å². The van der Waals surface area contributed by atoms with Gasteiger partial charge in [0.05, 0.1) is 23.7 Å². The minimum Gasteiger partial charge on any atom is -0.439 e. The molecule has 5 nitrogen and oxygen atoms in total. The van der Waals surface area contributed by atoms with Gasteiger partial charge in [0.2, 0.25) is 0 Å². The van der Waals surface area contributed by atoms with Gasteiger partial charge in [-0.2, -0.15) is 26.3 Å². The van der Waals surface area contributed by atoms with Gasteiger partial charge in [0, 0.05) is 18.3 Å². The van der Waals surface area contributed by atoms with Gasteiger partial charge in [-0.05, 0) is 74.2 Å². The van der Waals surface area contributed by atoms with Crippen LogP contribution < -0.4 is 9.64 Å². The second-order valence-electron chi connectivity index (χ2n) is 10.4. The van der Waals surface area contributed by atoms with Crippen LogP contribution in [-0.2, 0) is 23.6 Å². The normalized spacial score (nSPS) is 20.5. The molecule has 1 aliphatic heterocycles. The Morgan fingerprint density at radius 1 is 0.905 bits per heavy atom. The molecule has 232 valence electrons. The molecule has 2 atom stereocenters. The fourth-order valence-corrected chi connectivity index (χ4v) is 5.67. The zero-order chi connectivity index (χ0) is 31.0. The van der Waals surface area contributed by atoms with Gasteiger partial charge in [-0.25, -0.2) is 4.79 Å². The number of rotatable bonds is 7. The third kappa shape index (κ3) is 7.17. The first-order valence-corrected chi connectivity index (χ1v) is 13.4. The summed E-state index contributed by atoms with van der Waals surface area (Å²) in [5, 5.41) is 0. The number of hydrogen-bond donors (Lipinski definition) is 0. The third-order valence-corrected chi connectivity index (χ3v) is 7.62. The number of amides is 1. The molecule has 0 N–H and O–H groups in total. The van der Waals surface area contributed by atoms with Crippen molar-refractivity contribution >= 4 is 11.8 Å². The van der Waals surface area contributed by atoms with Crippen molar-refractivity contribution in [2.45, 2.75) is 89.4 Å². The van der Waals surface area contributed by atoms with Gasteiger partial charge in [-0.15, -0.1) is 13.2 Å².